The van der Waals surface area contributed by atoms with Crippen LogP contribution in [-0.4, -0.2) is 0 Å². The van der Waals surface area contributed by atoms with E-state index < -0.39 is 0 Å². The minimum absolute atomic E-state index is 0.494. The Balaban J connectivity index is 2.28. The van der Waals surface area contributed by atoms with E-state index >= 15 is 0 Å². The van der Waals surface area contributed by atoms with Crippen molar-refractivity contribution in [3.8, 4) is 0 Å². The Bertz CT molecular complexity index is 518. The van der Waals surface area contributed by atoms with Crippen molar-refractivity contribution in [1.29, 1.82) is 0 Å². The van der Waals surface area contributed by atoms with Gasteiger partial charge in [-0.2, -0.15) is 0 Å². The topological polar surface area (TPSA) is 24.1 Å². The average molecular weight is 268 g/mol. The van der Waals surface area contributed by atoms with Gasteiger partial charge in [0, 0.05) is 0 Å². The molecular weight excluding hydrogens is 244 g/mol. The van der Waals surface area contributed by atoms with E-state index in [0.29, 0.717) is 11.8 Å². The van der Waals surface area contributed by atoms with Gasteiger partial charge in [-0.05, 0) is 35.1 Å². The van der Waals surface area contributed by atoms with Gasteiger partial charge in [-0.25, -0.2) is 0 Å². The lowest BCUT2D eigenvalue weighted by atomic mass is 9.93. The van der Waals surface area contributed by atoms with Gasteiger partial charge in [-0.3, -0.25) is 0 Å². The van der Waals surface area contributed by atoms with Crippen molar-refractivity contribution < 1.29 is 0 Å². The van der Waals surface area contributed by atoms with Gasteiger partial charge in [0.25, 0.3) is 0 Å². The Kier molecular flexibility index (Phi) is 4.67. The van der Waals surface area contributed by atoms with Crippen molar-refractivity contribution >= 4 is 11.4 Å². The number of rotatable bonds is 5. The summed E-state index contributed by atoms with van der Waals surface area (Å²) in [6.07, 6.45) is 0. The Hall–Kier alpha value is -1.96. The molecular formula is C18H24N2. The Morgan fingerprint density at radius 3 is 1.70 bits per heavy atom. The van der Waals surface area contributed by atoms with Crippen molar-refractivity contribution in [1.82, 2.24) is 0 Å². The summed E-state index contributed by atoms with van der Waals surface area (Å²) in [4.78, 5) is 0. The monoisotopic (exact) mass is 268 g/mol. The molecule has 0 fully saturated rings. The second-order valence-electron chi connectivity index (χ2n) is 5.74. The first-order valence-electron chi connectivity index (χ1n) is 7.29. The molecule has 2 nitrogen and oxygen atoms in total. The van der Waals surface area contributed by atoms with Crippen LogP contribution in [-0.2, 0) is 0 Å². The van der Waals surface area contributed by atoms with Gasteiger partial charge in [0.05, 0.1) is 11.4 Å². The molecule has 2 aromatic carbocycles. The number of hydrogen-bond acceptors (Lipinski definition) is 2. The predicted molar refractivity (Wildman–Crippen MR) is 88.3 cm³/mol. The molecule has 0 bridgehead atoms. The molecule has 20 heavy (non-hydrogen) atoms. The summed E-state index contributed by atoms with van der Waals surface area (Å²) in [5, 5.41) is 0. The Morgan fingerprint density at radius 1 is 0.650 bits per heavy atom. The summed E-state index contributed by atoms with van der Waals surface area (Å²) in [6.45, 7) is 8.92. The number of hydrazine groups is 1. The fraction of sp³-hybridized carbons (Fsp3) is 0.333. The van der Waals surface area contributed by atoms with Crippen LogP contribution in [0.15, 0.2) is 48.5 Å². The van der Waals surface area contributed by atoms with E-state index in [1.54, 1.807) is 0 Å². The lowest BCUT2D eigenvalue weighted by molar-refractivity contribution is 0.836. The molecule has 0 radical (unpaired) electrons. The van der Waals surface area contributed by atoms with Gasteiger partial charge in [0.1, 0.15) is 0 Å². The zero-order chi connectivity index (χ0) is 14.5. The molecule has 0 spiro atoms. The number of benzene rings is 2. The van der Waals surface area contributed by atoms with Crippen LogP contribution in [0.5, 0.6) is 0 Å². The summed E-state index contributed by atoms with van der Waals surface area (Å²) in [5.41, 5.74) is 11.7. The lowest BCUT2D eigenvalue weighted by Crippen LogP contribution is -2.13. The van der Waals surface area contributed by atoms with Crippen molar-refractivity contribution in [3.05, 3.63) is 59.7 Å². The van der Waals surface area contributed by atoms with E-state index in [2.05, 4.69) is 68.9 Å². The molecule has 0 aliphatic heterocycles. The van der Waals surface area contributed by atoms with Crippen LogP contribution in [0.1, 0.15) is 50.7 Å². The van der Waals surface area contributed by atoms with Crippen LogP contribution in [0.25, 0.3) is 0 Å². The van der Waals surface area contributed by atoms with Crippen molar-refractivity contribution in [3.63, 3.8) is 0 Å². The minimum atomic E-state index is 0.494. The molecule has 0 saturated heterocycles. The largest absolute Gasteiger partial charge is 0.301 e. The highest BCUT2D eigenvalue weighted by atomic mass is 15.4. The number of anilines is 2. The maximum atomic E-state index is 3.41. The molecule has 106 valence electrons. The van der Waals surface area contributed by atoms with Crippen LogP contribution in [0.2, 0.25) is 0 Å². The summed E-state index contributed by atoms with van der Waals surface area (Å²) in [7, 11) is 0. The molecule has 2 N–H and O–H groups in total. The van der Waals surface area contributed by atoms with Gasteiger partial charge in [-0.1, -0.05) is 64.1 Å². The van der Waals surface area contributed by atoms with E-state index in [1.807, 2.05) is 18.2 Å². The molecule has 2 aromatic rings. The third-order valence-corrected chi connectivity index (χ3v) is 3.48. The highest BCUT2D eigenvalue weighted by Gasteiger charge is 2.13. The van der Waals surface area contributed by atoms with Gasteiger partial charge < -0.3 is 10.9 Å². The van der Waals surface area contributed by atoms with Gasteiger partial charge >= 0.3 is 0 Å². The predicted octanol–water partition coefficient (Wildman–Crippen LogP) is 5.37. The zero-order valence-corrected chi connectivity index (χ0v) is 12.8. The smallest absolute Gasteiger partial charge is 0.0609 e. The van der Waals surface area contributed by atoms with E-state index in [0.717, 1.165) is 5.69 Å². The molecule has 0 heterocycles. The molecule has 0 unspecified atom stereocenters. The van der Waals surface area contributed by atoms with E-state index in [9.17, 15) is 0 Å². The first kappa shape index (κ1) is 14.4. The summed E-state index contributed by atoms with van der Waals surface area (Å²) in [5.74, 6) is 0.988. The number of nitrogens with one attached hydrogen (secondary N) is 2. The van der Waals surface area contributed by atoms with Crippen molar-refractivity contribution in [2.45, 2.75) is 39.5 Å². The van der Waals surface area contributed by atoms with Crippen LogP contribution in [0, 0.1) is 0 Å². The minimum Gasteiger partial charge on any atom is -0.301 e. The van der Waals surface area contributed by atoms with E-state index in [4.69, 9.17) is 0 Å². The summed E-state index contributed by atoms with van der Waals surface area (Å²) < 4.78 is 0. The molecule has 0 aliphatic carbocycles. The van der Waals surface area contributed by atoms with Gasteiger partial charge in [0.15, 0.2) is 0 Å². The highest BCUT2D eigenvalue weighted by Crippen LogP contribution is 2.32. The first-order chi connectivity index (χ1) is 9.59. The zero-order valence-electron chi connectivity index (χ0n) is 12.8. The SMILES string of the molecule is CC(C)c1cccc(C(C)C)c1NNc1ccccc1. The fourth-order valence-electron chi connectivity index (χ4n) is 2.35. The second-order valence-corrected chi connectivity index (χ2v) is 5.74. The maximum Gasteiger partial charge on any atom is 0.0609 e. The van der Waals surface area contributed by atoms with E-state index in [1.165, 1.54) is 16.8 Å². The van der Waals surface area contributed by atoms with Gasteiger partial charge in [0.2, 0.25) is 0 Å². The molecule has 2 rings (SSSR count). The molecule has 2 heteroatoms. The van der Waals surface area contributed by atoms with Crippen molar-refractivity contribution in [2.75, 3.05) is 10.9 Å². The Morgan fingerprint density at radius 2 is 1.20 bits per heavy atom. The summed E-state index contributed by atoms with van der Waals surface area (Å²) in [6, 6.07) is 16.7. The van der Waals surface area contributed by atoms with Gasteiger partial charge in [-0.15, -0.1) is 0 Å². The van der Waals surface area contributed by atoms with Crippen molar-refractivity contribution in [2.24, 2.45) is 0 Å². The second kappa shape index (κ2) is 6.47. The van der Waals surface area contributed by atoms with Crippen LogP contribution >= 0.6 is 0 Å². The molecule has 0 amide bonds. The third kappa shape index (κ3) is 3.32. The summed E-state index contributed by atoms with van der Waals surface area (Å²) >= 11 is 0. The number of hydrogen-bond donors (Lipinski definition) is 2. The average Bonchev–Trinajstić information content (AvgIpc) is 2.45. The molecule has 0 aromatic heterocycles. The van der Waals surface area contributed by atoms with Crippen LogP contribution < -0.4 is 10.9 Å². The molecule has 0 aliphatic rings. The van der Waals surface area contributed by atoms with E-state index in [-0.39, 0.29) is 0 Å². The van der Waals surface area contributed by atoms with Crippen LogP contribution in [0.4, 0.5) is 11.4 Å². The normalized spacial score (nSPS) is 10.9. The third-order valence-electron chi connectivity index (χ3n) is 3.48. The standard InChI is InChI=1S/C18H24N2/c1-13(2)16-11-8-12-17(14(3)4)18(16)20-19-15-9-6-5-7-10-15/h5-14,19-20H,1-4H3. The lowest BCUT2D eigenvalue weighted by Gasteiger charge is -2.21. The maximum absolute atomic E-state index is 3.41. The highest BCUT2D eigenvalue weighted by molar-refractivity contribution is 5.63. The Labute approximate surface area is 122 Å². The molecule has 0 atom stereocenters. The first-order valence-corrected chi connectivity index (χ1v) is 7.29. The van der Waals surface area contributed by atoms with Crippen LogP contribution in [0.3, 0.4) is 0 Å². The quantitative estimate of drug-likeness (QED) is 0.712. The fourth-order valence-corrected chi connectivity index (χ4v) is 2.35. The molecule has 0 saturated carbocycles. The number of para-hydroxylation sites is 2.